The summed E-state index contributed by atoms with van der Waals surface area (Å²) in [4.78, 5) is 14.3. The second-order valence-electron chi connectivity index (χ2n) is 1.91. The molecule has 0 amide bonds. The van der Waals surface area contributed by atoms with Gasteiger partial charge in [0.05, 0.1) is 7.11 Å². The third-order valence-electron chi connectivity index (χ3n) is 1.04. The molecule has 1 aromatic rings. The molecule has 0 unspecified atom stereocenters. The van der Waals surface area contributed by atoms with Crippen molar-refractivity contribution < 1.29 is 14.1 Å². The quantitative estimate of drug-likeness (QED) is 0.556. The number of alkyl halides is 3. The lowest BCUT2D eigenvalue weighted by Crippen LogP contribution is -2.05. The first-order valence-corrected chi connectivity index (χ1v) is 4.07. The van der Waals surface area contributed by atoms with E-state index in [0.717, 1.165) is 0 Å². The van der Waals surface area contributed by atoms with E-state index in [9.17, 15) is 4.79 Å². The van der Waals surface area contributed by atoms with Crippen LogP contribution in [0.2, 0.25) is 0 Å². The van der Waals surface area contributed by atoms with Crippen LogP contribution in [0.25, 0.3) is 0 Å². The molecule has 0 atom stereocenters. The van der Waals surface area contributed by atoms with Gasteiger partial charge in [0.1, 0.15) is 0 Å². The molecule has 5 nitrogen and oxygen atoms in total. The zero-order valence-corrected chi connectivity index (χ0v) is 8.52. The van der Waals surface area contributed by atoms with E-state index >= 15 is 0 Å². The lowest BCUT2D eigenvalue weighted by molar-refractivity contribution is 0.0583. The van der Waals surface area contributed by atoms with Crippen LogP contribution in [0.4, 0.5) is 0 Å². The first-order chi connectivity index (χ1) is 5.95. The van der Waals surface area contributed by atoms with Crippen molar-refractivity contribution in [3.8, 4) is 0 Å². The topological polar surface area (TPSA) is 65.2 Å². The first-order valence-electron chi connectivity index (χ1n) is 2.94. The van der Waals surface area contributed by atoms with Gasteiger partial charge in [-0.1, -0.05) is 34.8 Å². The summed E-state index contributed by atoms with van der Waals surface area (Å²) in [6, 6.07) is 0. The molecule has 0 aliphatic rings. The van der Waals surface area contributed by atoms with Crippen molar-refractivity contribution in [2.45, 2.75) is 3.79 Å². The number of halogens is 3. The highest BCUT2D eigenvalue weighted by Gasteiger charge is 2.31. The van der Waals surface area contributed by atoms with Gasteiger partial charge in [-0.3, -0.25) is 0 Å². The number of esters is 1. The molecule has 0 aliphatic carbocycles. The number of hydrogen-bond acceptors (Lipinski definition) is 5. The summed E-state index contributed by atoms with van der Waals surface area (Å²) in [5.41, 5.74) is 0. The van der Waals surface area contributed by atoms with Crippen molar-refractivity contribution in [3.05, 3.63) is 11.7 Å². The summed E-state index contributed by atoms with van der Waals surface area (Å²) in [5, 5.41) is 3.24. The number of nitrogens with zero attached hydrogens (tertiary/aromatic N) is 2. The maximum atomic E-state index is 10.8. The Morgan fingerprint density at radius 2 is 2.15 bits per heavy atom. The predicted octanol–water partition coefficient (Wildman–Crippen LogP) is 1.68. The lowest BCUT2D eigenvalue weighted by Gasteiger charge is -2.01. The summed E-state index contributed by atoms with van der Waals surface area (Å²) in [7, 11) is 1.17. The fourth-order valence-electron chi connectivity index (χ4n) is 0.513. The van der Waals surface area contributed by atoms with Gasteiger partial charge >= 0.3 is 5.97 Å². The van der Waals surface area contributed by atoms with Crippen molar-refractivity contribution in [3.63, 3.8) is 0 Å². The molecule has 0 radical (unpaired) electrons. The number of methoxy groups -OCH3 is 1. The number of rotatable bonds is 1. The van der Waals surface area contributed by atoms with Gasteiger partial charge in [-0.25, -0.2) is 4.79 Å². The predicted molar refractivity (Wildman–Crippen MR) is 44.9 cm³/mol. The van der Waals surface area contributed by atoms with Crippen LogP contribution in [0.15, 0.2) is 4.52 Å². The molecule has 0 saturated heterocycles. The van der Waals surface area contributed by atoms with Crippen LogP contribution >= 0.6 is 34.8 Å². The molecule has 13 heavy (non-hydrogen) atoms. The smallest absolute Gasteiger partial charge is 0.379 e. The molecule has 72 valence electrons. The van der Waals surface area contributed by atoms with Crippen molar-refractivity contribution in [1.82, 2.24) is 10.1 Å². The molecule has 0 spiro atoms. The summed E-state index contributed by atoms with van der Waals surface area (Å²) < 4.78 is 6.97. The molecular weight excluding hydrogens is 242 g/mol. The summed E-state index contributed by atoms with van der Waals surface area (Å²) >= 11 is 16.2. The summed E-state index contributed by atoms with van der Waals surface area (Å²) in [6.45, 7) is 0. The molecule has 0 aromatic carbocycles. The van der Waals surface area contributed by atoms with Crippen LogP contribution in [0.1, 0.15) is 16.5 Å². The van der Waals surface area contributed by atoms with Gasteiger partial charge in [0.25, 0.3) is 15.5 Å². The first kappa shape index (κ1) is 10.6. The highest BCUT2D eigenvalue weighted by molar-refractivity contribution is 6.66. The standard InChI is InChI=1S/C5H3Cl3N2O3/c1-12-3(11)2-9-4(13-10-2)5(6,7)8/h1H3. The number of ether oxygens (including phenoxy) is 1. The van der Waals surface area contributed by atoms with Crippen molar-refractivity contribution in [2.24, 2.45) is 0 Å². The van der Waals surface area contributed by atoms with Crippen LogP contribution in [0, 0.1) is 0 Å². The zero-order valence-electron chi connectivity index (χ0n) is 6.25. The second kappa shape index (κ2) is 3.69. The second-order valence-corrected chi connectivity index (χ2v) is 4.19. The molecule has 0 aliphatic heterocycles. The highest BCUT2D eigenvalue weighted by atomic mass is 35.6. The van der Waals surface area contributed by atoms with Gasteiger partial charge < -0.3 is 9.26 Å². The summed E-state index contributed by atoms with van der Waals surface area (Å²) in [5.74, 6) is -1.33. The maximum Gasteiger partial charge on any atom is 0.379 e. The minimum atomic E-state index is -1.83. The van der Waals surface area contributed by atoms with Crippen LogP contribution in [-0.2, 0) is 8.53 Å². The van der Waals surface area contributed by atoms with E-state index in [1.165, 1.54) is 7.11 Å². The van der Waals surface area contributed by atoms with E-state index in [2.05, 4.69) is 19.4 Å². The average Bonchev–Trinajstić information content (AvgIpc) is 2.50. The zero-order chi connectivity index (χ0) is 10.1. The van der Waals surface area contributed by atoms with E-state index in [4.69, 9.17) is 34.8 Å². The van der Waals surface area contributed by atoms with Crippen LogP contribution < -0.4 is 0 Å². The minimum Gasteiger partial charge on any atom is -0.463 e. The molecule has 0 saturated carbocycles. The number of aromatic nitrogens is 2. The van der Waals surface area contributed by atoms with Gasteiger partial charge in [0, 0.05) is 0 Å². The van der Waals surface area contributed by atoms with Crippen LogP contribution in [0.5, 0.6) is 0 Å². The van der Waals surface area contributed by atoms with Crippen molar-refractivity contribution in [2.75, 3.05) is 7.11 Å². The number of carbonyl (C=O) groups excluding carboxylic acids is 1. The Balaban J connectivity index is 2.93. The van der Waals surface area contributed by atoms with E-state index in [-0.39, 0.29) is 11.7 Å². The molecular formula is C5H3Cl3N2O3. The number of carbonyl (C=O) groups is 1. The maximum absolute atomic E-state index is 10.8. The van der Waals surface area contributed by atoms with Crippen LogP contribution in [-0.4, -0.2) is 23.2 Å². The van der Waals surface area contributed by atoms with E-state index in [0.29, 0.717) is 0 Å². The molecule has 1 heterocycles. The normalized spacial score (nSPS) is 11.4. The third-order valence-corrected chi connectivity index (χ3v) is 1.52. The molecule has 0 fully saturated rings. The molecule has 1 aromatic heterocycles. The SMILES string of the molecule is COC(=O)c1noc(C(Cl)(Cl)Cl)n1. The average molecular weight is 245 g/mol. The Kier molecular flexibility index (Phi) is 3.00. The number of hydrogen-bond donors (Lipinski definition) is 0. The van der Waals surface area contributed by atoms with Gasteiger partial charge in [0.2, 0.25) is 0 Å². The Labute approximate surface area is 87.9 Å². The van der Waals surface area contributed by atoms with Gasteiger partial charge in [-0.2, -0.15) is 4.98 Å². The van der Waals surface area contributed by atoms with Gasteiger partial charge in [0.15, 0.2) is 0 Å². The minimum absolute atomic E-state index is 0.280. The Hall–Kier alpha value is -0.520. The highest BCUT2D eigenvalue weighted by Crippen LogP contribution is 2.36. The Bertz CT molecular complexity index is 319. The van der Waals surface area contributed by atoms with E-state index in [1.807, 2.05) is 0 Å². The monoisotopic (exact) mass is 244 g/mol. The summed E-state index contributed by atoms with van der Waals surface area (Å²) in [6.07, 6.45) is 0. The van der Waals surface area contributed by atoms with E-state index in [1.54, 1.807) is 0 Å². The molecule has 0 bridgehead atoms. The fraction of sp³-hybridized carbons (Fsp3) is 0.400. The third kappa shape index (κ3) is 2.46. The lowest BCUT2D eigenvalue weighted by atomic mass is 10.6. The molecule has 0 N–H and O–H groups in total. The Morgan fingerprint density at radius 1 is 1.54 bits per heavy atom. The fourth-order valence-corrected chi connectivity index (χ4v) is 0.743. The molecule has 8 heteroatoms. The molecule has 1 rings (SSSR count). The van der Waals surface area contributed by atoms with Gasteiger partial charge in [-0.05, 0) is 5.16 Å². The van der Waals surface area contributed by atoms with Crippen molar-refractivity contribution in [1.29, 1.82) is 0 Å². The van der Waals surface area contributed by atoms with Crippen molar-refractivity contribution >= 4 is 40.8 Å². The van der Waals surface area contributed by atoms with E-state index < -0.39 is 9.76 Å². The van der Waals surface area contributed by atoms with Crippen LogP contribution in [0.3, 0.4) is 0 Å². The van der Waals surface area contributed by atoms with Gasteiger partial charge in [-0.15, -0.1) is 0 Å². The Morgan fingerprint density at radius 3 is 2.54 bits per heavy atom. The largest absolute Gasteiger partial charge is 0.463 e.